The van der Waals surface area contributed by atoms with Gasteiger partial charge < -0.3 is 5.11 Å². The van der Waals surface area contributed by atoms with E-state index in [2.05, 4.69) is 4.72 Å². The summed E-state index contributed by atoms with van der Waals surface area (Å²) in [5.41, 5.74) is 2.36. The first kappa shape index (κ1) is 17.0. The first-order chi connectivity index (χ1) is 11.6. The quantitative estimate of drug-likeness (QED) is 0.860. The van der Waals surface area contributed by atoms with E-state index in [-0.39, 0.29) is 11.5 Å². The van der Waals surface area contributed by atoms with E-state index in [4.69, 9.17) is 5.11 Å². The van der Waals surface area contributed by atoms with Crippen LogP contribution in [0.25, 0.3) is 0 Å². The third-order valence-corrected chi connectivity index (χ3v) is 6.03. The van der Waals surface area contributed by atoms with Crippen LogP contribution in [0.4, 0.5) is 5.69 Å². The molecule has 2 N–H and O–H groups in total. The summed E-state index contributed by atoms with van der Waals surface area (Å²) in [5, 5.41) is 9.15. The topological polar surface area (TPSA) is 66.4 Å². The Bertz CT molecular complexity index is 779. The summed E-state index contributed by atoms with van der Waals surface area (Å²) in [6.45, 7) is -0.119. The first-order valence-electron chi connectivity index (χ1n) is 8.41. The summed E-state index contributed by atoms with van der Waals surface area (Å²) in [7, 11) is -3.62. The number of aliphatic hydroxyl groups is 1. The maximum Gasteiger partial charge on any atom is 0.261 e. The van der Waals surface area contributed by atoms with Crippen molar-refractivity contribution in [2.75, 3.05) is 4.72 Å². The van der Waals surface area contributed by atoms with Crippen molar-refractivity contribution in [2.45, 2.75) is 49.5 Å². The highest BCUT2D eigenvalue weighted by Crippen LogP contribution is 2.33. The van der Waals surface area contributed by atoms with E-state index < -0.39 is 10.0 Å². The minimum Gasteiger partial charge on any atom is -0.392 e. The number of rotatable bonds is 5. The van der Waals surface area contributed by atoms with Crippen LogP contribution >= 0.6 is 0 Å². The molecular formula is C19H23NO3S. The molecule has 2 aromatic carbocycles. The van der Waals surface area contributed by atoms with Crippen LogP contribution < -0.4 is 4.72 Å². The normalized spacial score (nSPS) is 16.0. The number of aliphatic hydroxyl groups excluding tert-OH is 1. The zero-order chi connectivity index (χ0) is 17.0. The SMILES string of the molecule is O=S(=O)(Nc1cccc(CO)c1)c1ccc(C2CCCCC2)cc1. The van der Waals surface area contributed by atoms with Crippen molar-refractivity contribution in [1.29, 1.82) is 0 Å². The van der Waals surface area contributed by atoms with Gasteiger partial charge in [-0.2, -0.15) is 0 Å². The Morgan fingerprint density at radius 1 is 1.00 bits per heavy atom. The third-order valence-electron chi connectivity index (χ3n) is 4.63. The van der Waals surface area contributed by atoms with Gasteiger partial charge in [0.15, 0.2) is 0 Å². The molecule has 2 aromatic rings. The lowest BCUT2D eigenvalue weighted by molar-refractivity contribution is 0.282. The van der Waals surface area contributed by atoms with E-state index in [1.54, 1.807) is 36.4 Å². The number of hydrogen-bond donors (Lipinski definition) is 2. The van der Waals surface area contributed by atoms with Gasteiger partial charge in [-0.25, -0.2) is 8.42 Å². The molecule has 128 valence electrons. The predicted molar refractivity (Wildman–Crippen MR) is 95.4 cm³/mol. The summed E-state index contributed by atoms with van der Waals surface area (Å²) in [5.74, 6) is 0.560. The molecule has 0 amide bonds. The molecule has 1 saturated carbocycles. The van der Waals surface area contributed by atoms with Crippen LogP contribution in [0.5, 0.6) is 0 Å². The lowest BCUT2D eigenvalue weighted by Crippen LogP contribution is -2.13. The van der Waals surface area contributed by atoms with Gasteiger partial charge >= 0.3 is 0 Å². The van der Waals surface area contributed by atoms with Crippen molar-refractivity contribution in [3.05, 3.63) is 59.7 Å². The van der Waals surface area contributed by atoms with Gasteiger partial charge in [-0.1, -0.05) is 43.5 Å². The minimum absolute atomic E-state index is 0.119. The Morgan fingerprint density at radius 2 is 1.71 bits per heavy atom. The van der Waals surface area contributed by atoms with Crippen LogP contribution in [0.15, 0.2) is 53.4 Å². The molecular weight excluding hydrogens is 322 g/mol. The average Bonchev–Trinajstić information content (AvgIpc) is 2.62. The number of benzene rings is 2. The number of anilines is 1. The maximum absolute atomic E-state index is 12.5. The minimum atomic E-state index is -3.62. The smallest absolute Gasteiger partial charge is 0.261 e. The fourth-order valence-corrected chi connectivity index (χ4v) is 4.35. The Balaban J connectivity index is 1.76. The standard InChI is InChI=1S/C19H23NO3S/c21-14-15-5-4-8-18(13-15)20-24(22,23)19-11-9-17(10-12-19)16-6-2-1-3-7-16/h4-5,8-13,16,20-21H,1-3,6-7,14H2. The van der Waals surface area contributed by atoms with Gasteiger partial charge in [0, 0.05) is 5.69 Å². The van der Waals surface area contributed by atoms with E-state index in [0.717, 1.165) is 0 Å². The molecule has 0 unspecified atom stereocenters. The van der Waals surface area contributed by atoms with E-state index in [0.29, 0.717) is 17.2 Å². The second kappa shape index (κ2) is 7.36. The van der Waals surface area contributed by atoms with Crippen LogP contribution in [0.3, 0.4) is 0 Å². The molecule has 0 atom stereocenters. The number of hydrogen-bond acceptors (Lipinski definition) is 3. The van der Waals surface area contributed by atoms with Gasteiger partial charge in [0.2, 0.25) is 0 Å². The van der Waals surface area contributed by atoms with Gasteiger partial charge in [-0.15, -0.1) is 0 Å². The summed E-state index contributed by atoms with van der Waals surface area (Å²) in [6, 6.07) is 14.0. The highest BCUT2D eigenvalue weighted by Gasteiger charge is 2.18. The maximum atomic E-state index is 12.5. The predicted octanol–water partition coefficient (Wildman–Crippen LogP) is 4.03. The summed E-state index contributed by atoms with van der Waals surface area (Å²) in [4.78, 5) is 0.261. The Kier molecular flexibility index (Phi) is 5.21. The van der Waals surface area contributed by atoms with Crippen molar-refractivity contribution in [1.82, 2.24) is 0 Å². The second-order valence-electron chi connectivity index (χ2n) is 6.37. The lowest BCUT2D eigenvalue weighted by Gasteiger charge is -2.22. The van der Waals surface area contributed by atoms with E-state index in [1.807, 2.05) is 12.1 Å². The number of sulfonamides is 1. The average molecular weight is 345 g/mol. The summed E-state index contributed by atoms with van der Waals surface area (Å²) < 4.78 is 27.6. The van der Waals surface area contributed by atoms with Crippen LogP contribution in [-0.2, 0) is 16.6 Å². The second-order valence-corrected chi connectivity index (χ2v) is 8.05. The Hall–Kier alpha value is -1.85. The lowest BCUT2D eigenvalue weighted by atomic mass is 9.84. The van der Waals surface area contributed by atoms with E-state index in [1.165, 1.54) is 37.7 Å². The van der Waals surface area contributed by atoms with Gasteiger partial charge in [-0.05, 0) is 54.2 Å². The van der Waals surface area contributed by atoms with Crippen LogP contribution in [-0.4, -0.2) is 13.5 Å². The van der Waals surface area contributed by atoms with E-state index in [9.17, 15) is 8.42 Å². The molecule has 0 aromatic heterocycles. The van der Waals surface area contributed by atoms with Gasteiger partial charge in [-0.3, -0.25) is 4.72 Å². The molecule has 0 bridgehead atoms. The Labute approximate surface area is 143 Å². The molecule has 0 radical (unpaired) electrons. The molecule has 1 aliphatic carbocycles. The van der Waals surface area contributed by atoms with Crippen molar-refractivity contribution in [3.8, 4) is 0 Å². The van der Waals surface area contributed by atoms with Gasteiger partial charge in [0.1, 0.15) is 0 Å². The largest absolute Gasteiger partial charge is 0.392 e. The molecule has 0 aliphatic heterocycles. The molecule has 24 heavy (non-hydrogen) atoms. The van der Waals surface area contributed by atoms with Crippen molar-refractivity contribution in [3.63, 3.8) is 0 Å². The molecule has 0 heterocycles. The number of nitrogens with one attached hydrogen (secondary N) is 1. The molecule has 3 rings (SSSR count). The molecule has 4 nitrogen and oxygen atoms in total. The molecule has 0 saturated heterocycles. The van der Waals surface area contributed by atoms with Crippen LogP contribution in [0.1, 0.15) is 49.1 Å². The van der Waals surface area contributed by atoms with Crippen molar-refractivity contribution >= 4 is 15.7 Å². The molecule has 0 spiro atoms. The van der Waals surface area contributed by atoms with Crippen molar-refractivity contribution in [2.24, 2.45) is 0 Å². The molecule has 1 aliphatic rings. The van der Waals surface area contributed by atoms with Crippen molar-refractivity contribution < 1.29 is 13.5 Å². The van der Waals surface area contributed by atoms with E-state index >= 15 is 0 Å². The Morgan fingerprint density at radius 3 is 2.38 bits per heavy atom. The van der Waals surface area contributed by atoms with Crippen LogP contribution in [0.2, 0.25) is 0 Å². The highest BCUT2D eigenvalue weighted by molar-refractivity contribution is 7.92. The highest BCUT2D eigenvalue weighted by atomic mass is 32.2. The zero-order valence-electron chi connectivity index (χ0n) is 13.6. The first-order valence-corrected chi connectivity index (χ1v) is 9.89. The third kappa shape index (κ3) is 3.97. The fourth-order valence-electron chi connectivity index (χ4n) is 3.30. The van der Waals surface area contributed by atoms with Crippen LogP contribution in [0, 0.1) is 0 Å². The summed E-state index contributed by atoms with van der Waals surface area (Å²) >= 11 is 0. The zero-order valence-corrected chi connectivity index (χ0v) is 14.4. The van der Waals surface area contributed by atoms with Gasteiger partial charge in [0.25, 0.3) is 10.0 Å². The molecule has 1 fully saturated rings. The summed E-state index contributed by atoms with van der Waals surface area (Å²) in [6.07, 6.45) is 6.21. The fraction of sp³-hybridized carbons (Fsp3) is 0.368. The molecule has 5 heteroatoms. The monoisotopic (exact) mass is 345 g/mol. The van der Waals surface area contributed by atoms with Gasteiger partial charge in [0.05, 0.1) is 11.5 Å².